The number of nitrogen functional groups attached to an aromatic ring is 1. The molecular weight excluding hydrogens is 296 g/mol. The monoisotopic (exact) mass is 310 g/mol. The van der Waals surface area contributed by atoms with Gasteiger partial charge in [0.25, 0.3) is 10.0 Å². The molecule has 0 saturated heterocycles. The van der Waals surface area contributed by atoms with Crippen LogP contribution >= 0.6 is 11.6 Å². The van der Waals surface area contributed by atoms with Crippen LogP contribution in [0.3, 0.4) is 0 Å². The van der Waals surface area contributed by atoms with Gasteiger partial charge in [-0.05, 0) is 55.3 Å². The minimum Gasteiger partial charge on any atom is -0.399 e. The lowest BCUT2D eigenvalue weighted by atomic mass is 10.1. The average molecular weight is 311 g/mol. The molecule has 0 aliphatic heterocycles. The summed E-state index contributed by atoms with van der Waals surface area (Å²) in [6.07, 6.45) is 0. The predicted molar refractivity (Wildman–Crippen MR) is 82.6 cm³/mol. The molecule has 0 aromatic heterocycles. The van der Waals surface area contributed by atoms with Crippen molar-refractivity contribution in [2.75, 3.05) is 10.5 Å². The molecule has 0 atom stereocenters. The third-order valence-electron chi connectivity index (χ3n) is 2.96. The molecule has 106 valence electrons. The van der Waals surface area contributed by atoms with Crippen LogP contribution in [-0.2, 0) is 10.0 Å². The first-order chi connectivity index (χ1) is 9.29. The van der Waals surface area contributed by atoms with Gasteiger partial charge in [-0.3, -0.25) is 4.72 Å². The van der Waals surface area contributed by atoms with Crippen molar-refractivity contribution in [2.45, 2.75) is 18.7 Å². The van der Waals surface area contributed by atoms with E-state index in [1.165, 1.54) is 12.1 Å². The van der Waals surface area contributed by atoms with Crippen molar-refractivity contribution in [2.24, 2.45) is 0 Å². The average Bonchev–Trinajstić information content (AvgIpc) is 2.36. The molecule has 3 N–H and O–H groups in total. The van der Waals surface area contributed by atoms with Crippen LogP contribution in [0, 0.1) is 13.8 Å². The molecule has 0 heterocycles. The third kappa shape index (κ3) is 3.05. The van der Waals surface area contributed by atoms with E-state index in [9.17, 15) is 8.42 Å². The zero-order valence-electron chi connectivity index (χ0n) is 11.1. The van der Waals surface area contributed by atoms with Crippen LogP contribution in [-0.4, -0.2) is 8.42 Å². The van der Waals surface area contributed by atoms with E-state index in [0.717, 1.165) is 11.1 Å². The van der Waals surface area contributed by atoms with E-state index in [2.05, 4.69) is 4.72 Å². The summed E-state index contributed by atoms with van der Waals surface area (Å²) in [4.78, 5) is 0.124. The molecule has 0 saturated carbocycles. The van der Waals surface area contributed by atoms with E-state index < -0.39 is 10.0 Å². The molecule has 4 nitrogen and oxygen atoms in total. The first-order valence-electron chi connectivity index (χ1n) is 5.95. The van der Waals surface area contributed by atoms with Gasteiger partial charge in [0, 0.05) is 10.7 Å². The minimum atomic E-state index is -3.66. The molecule has 0 radical (unpaired) electrons. The fraction of sp³-hybridized carbons (Fsp3) is 0.143. The van der Waals surface area contributed by atoms with Gasteiger partial charge in [-0.15, -0.1) is 0 Å². The maximum atomic E-state index is 12.3. The Kier molecular flexibility index (Phi) is 3.92. The molecule has 2 rings (SSSR count). The van der Waals surface area contributed by atoms with Crippen LogP contribution in [0.25, 0.3) is 0 Å². The summed E-state index contributed by atoms with van der Waals surface area (Å²) in [5.41, 5.74) is 8.51. The standard InChI is InChI=1S/C14H15ClN2O2S/c1-9-7-14(10(2)6-13(9)16)17-20(18,19)12-5-3-4-11(15)8-12/h3-8,17H,16H2,1-2H3. The van der Waals surface area contributed by atoms with Crippen LogP contribution in [0.4, 0.5) is 11.4 Å². The topological polar surface area (TPSA) is 72.2 Å². The molecule has 2 aromatic carbocycles. The zero-order chi connectivity index (χ0) is 14.9. The van der Waals surface area contributed by atoms with Crippen molar-refractivity contribution in [1.82, 2.24) is 0 Å². The molecule has 6 heteroatoms. The SMILES string of the molecule is Cc1cc(NS(=O)(=O)c2cccc(Cl)c2)c(C)cc1N. The van der Waals surface area contributed by atoms with Gasteiger partial charge in [0.2, 0.25) is 0 Å². The largest absolute Gasteiger partial charge is 0.399 e. The number of hydrogen-bond acceptors (Lipinski definition) is 3. The summed E-state index contributed by atoms with van der Waals surface area (Å²) in [5, 5.41) is 0.373. The first kappa shape index (κ1) is 14.7. The fourth-order valence-corrected chi connectivity index (χ4v) is 3.21. The van der Waals surface area contributed by atoms with Crippen LogP contribution < -0.4 is 10.5 Å². The number of halogens is 1. The van der Waals surface area contributed by atoms with Crippen molar-refractivity contribution in [3.63, 3.8) is 0 Å². The maximum absolute atomic E-state index is 12.3. The number of benzene rings is 2. The lowest BCUT2D eigenvalue weighted by molar-refractivity contribution is 0.601. The summed E-state index contributed by atoms with van der Waals surface area (Å²) < 4.78 is 27.2. The summed E-state index contributed by atoms with van der Waals surface area (Å²) in [6.45, 7) is 3.62. The Morgan fingerprint density at radius 2 is 1.80 bits per heavy atom. The van der Waals surface area contributed by atoms with Gasteiger partial charge >= 0.3 is 0 Å². The molecule has 20 heavy (non-hydrogen) atoms. The van der Waals surface area contributed by atoms with Crippen molar-refractivity contribution in [1.29, 1.82) is 0 Å². The highest BCUT2D eigenvalue weighted by Crippen LogP contribution is 2.25. The highest BCUT2D eigenvalue weighted by Gasteiger charge is 2.16. The van der Waals surface area contributed by atoms with Crippen molar-refractivity contribution in [3.8, 4) is 0 Å². The number of anilines is 2. The van der Waals surface area contributed by atoms with Crippen LogP contribution in [0.1, 0.15) is 11.1 Å². The summed E-state index contributed by atoms with van der Waals surface area (Å²) >= 11 is 5.82. The quantitative estimate of drug-likeness (QED) is 0.854. The fourth-order valence-electron chi connectivity index (χ4n) is 1.79. The smallest absolute Gasteiger partial charge is 0.261 e. The van der Waals surface area contributed by atoms with Gasteiger partial charge in [-0.1, -0.05) is 17.7 Å². The van der Waals surface area contributed by atoms with Crippen molar-refractivity contribution >= 4 is 33.0 Å². The molecule has 0 amide bonds. The number of nitrogens with one attached hydrogen (secondary N) is 1. The van der Waals surface area contributed by atoms with Gasteiger partial charge in [0.05, 0.1) is 10.6 Å². The van der Waals surface area contributed by atoms with E-state index >= 15 is 0 Å². The van der Waals surface area contributed by atoms with E-state index in [4.69, 9.17) is 17.3 Å². The molecule has 0 aliphatic rings. The first-order valence-corrected chi connectivity index (χ1v) is 7.81. The van der Waals surface area contributed by atoms with E-state index in [1.807, 2.05) is 6.92 Å². The second kappa shape index (κ2) is 5.34. The Morgan fingerprint density at radius 3 is 2.45 bits per heavy atom. The summed E-state index contributed by atoms with van der Waals surface area (Å²) in [7, 11) is -3.66. The molecule has 0 spiro atoms. The Labute approximate surface area is 123 Å². The maximum Gasteiger partial charge on any atom is 0.261 e. The normalized spacial score (nSPS) is 11.3. The van der Waals surface area contributed by atoms with Gasteiger partial charge in [-0.2, -0.15) is 0 Å². The molecule has 0 aliphatic carbocycles. The minimum absolute atomic E-state index is 0.124. The Balaban J connectivity index is 2.41. The zero-order valence-corrected chi connectivity index (χ0v) is 12.7. The second-order valence-corrected chi connectivity index (χ2v) is 6.71. The molecule has 2 aromatic rings. The molecular formula is C14H15ClN2O2S. The Hall–Kier alpha value is -1.72. The number of aryl methyl sites for hydroxylation is 2. The number of nitrogens with two attached hydrogens (primary N) is 1. The van der Waals surface area contributed by atoms with Gasteiger partial charge in [0.1, 0.15) is 0 Å². The lowest BCUT2D eigenvalue weighted by Gasteiger charge is -2.13. The predicted octanol–water partition coefficient (Wildman–Crippen LogP) is 3.34. The summed E-state index contributed by atoms with van der Waals surface area (Å²) in [5.74, 6) is 0. The molecule has 0 bridgehead atoms. The van der Waals surface area contributed by atoms with Crippen molar-refractivity contribution < 1.29 is 8.42 Å². The molecule has 0 fully saturated rings. The Morgan fingerprint density at radius 1 is 1.10 bits per heavy atom. The van der Waals surface area contributed by atoms with E-state index in [-0.39, 0.29) is 4.90 Å². The van der Waals surface area contributed by atoms with Crippen molar-refractivity contribution in [3.05, 3.63) is 52.5 Å². The Bertz CT molecular complexity index is 758. The van der Waals surface area contributed by atoms with E-state index in [1.54, 1.807) is 31.2 Å². The molecule has 0 unspecified atom stereocenters. The van der Waals surface area contributed by atoms with Crippen LogP contribution in [0.5, 0.6) is 0 Å². The highest BCUT2D eigenvalue weighted by atomic mass is 35.5. The highest BCUT2D eigenvalue weighted by molar-refractivity contribution is 7.92. The van der Waals surface area contributed by atoms with Gasteiger partial charge < -0.3 is 5.73 Å². The van der Waals surface area contributed by atoms with Crippen LogP contribution in [0.2, 0.25) is 5.02 Å². The second-order valence-electron chi connectivity index (χ2n) is 4.59. The number of hydrogen-bond donors (Lipinski definition) is 2. The van der Waals surface area contributed by atoms with Crippen LogP contribution in [0.15, 0.2) is 41.3 Å². The number of sulfonamides is 1. The third-order valence-corrected chi connectivity index (χ3v) is 4.56. The number of rotatable bonds is 3. The van der Waals surface area contributed by atoms with Gasteiger partial charge in [-0.25, -0.2) is 8.42 Å². The van der Waals surface area contributed by atoms with Gasteiger partial charge in [0.15, 0.2) is 0 Å². The lowest BCUT2D eigenvalue weighted by Crippen LogP contribution is -2.14. The van der Waals surface area contributed by atoms with E-state index in [0.29, 0.717) is 16.4 Å². The summed E-state index contributed by atoms with van der Waals surface area (Å²) in [6, 6.07) is 9.58.